The van der Waals surface area contributed by atoms with E-state index in [0.29, 0.717) is 17.4 Å². The lowest BCUT2D eigenvalue weighted by atomic mass is 10.3. The number of benzene rings is 2. The molecule has 1 aliphatic rings. The van der Waals surface area contributed by atoms with Gasteiger partial charge in [-0.1, -0.05) is 35.9 Å². The third-order valence-corrected chi connectivity index (χ3v) is 4.79. The van der Waals surface area contributed by atoms with Gasteiger partial charge in [-0.15, -0.1) is 0 Å². The van der Waals surface area contributed by atoms with E-state index in [-0.39, 0.29) is 18.1 Å². The molecule has 1 amide bonds. The zero-order valence-corrected chi connectivity index (χ0v) is 15.8. The fraction of sp³-hybridized carbons (Fsp3) is 0.350. The molecule has 1 aliphatic heterocycles. The van der Waals surface area contributed by atoms with E-state index in [2.05, 4.69) is 15.1 Å². The Bertz CT molecular complexity index is 766. The van der Waals surface area contributed by atoms with E-state index >= 15 is 0 Å². The van der Waals surface area contributed by atoms with Crippen LogP contribution in [0.1, 0.15) is 0 Å². The second-order valence-electron chi connectivity index (χ2n) is 6.42. The third-order valence-electron chi connectivity index (χ3n) is 4.48. The maximum atomic E-state index is 13.6. The predicted molar refractivity (Wildman–Crippen MR) is 105 cm³/mol. The number of halogens is 2. The normalized spacial score (nSPS) is 15.5. The molecule has 0 spiro atoms. The number of anilines is 1. The molecule has 2 aromatic carbocycles. The average Bonchev–Trinajstić information content (AvgIpc) is 2.66. The number of rotatable bonds is 7. The molecular weight excluding hydrogens is 369 g/mol. The number of carbonyl (C=O) groups is 1. The summed E-state index contributed by atoms with van der Waals surface area (Å²) in [6.45, 7) is 4.93. The van der Waals surface area contributed by atoms with Crippen LogP contribution in [-0.2, 0) is 4.79 Å². The molecule has 1 heterocycles. The topological polar surface area (TPSA) is 44.8 Å². The molecule has 3 rings (SSSR count). The van der Waals surface area contributed by atoms with Gasteiger partial charge in [0, 0.05) is 32.7 Å². The Morgan fingerprint density at radius 2 is 1.70 bits per heavy atom. The first-order valence-corrected chi connectivity index (χ1v) is 9.36. The fourth-order valence-corrected chi connectivity index (χ4v) is 3.16. The average molecular weight is 392 g/mol. The van der Waals surface area contributed by atoms with Gasteiger partial charge in [0.25, 0.3) is 0 Å². The summed E-state index contributed by atoms with van der Waals surface area (Å²) in [4.78, 5) is 16.5. The van der Waals surface area contributed by atoms with E-state index in [4.69, 9.17) is 16.3 Å². The van der Waals surface area contributed by atoms with Crippen LogP contribution in [0, 0.1) is 5.82 Å². The summed E-state index contributed by atoms with van der Waals surface area (Å²) in [7, 11) is 0. The van der Waals surface area contributed by atoms with E-state index in [1.54, 1.807) is 18.2 Å². The van der Waals surface area contributed by atoms with Crippen molar-refractivity contribution in [3.05, 3.63) is 59.4 Å². The number of hydrogen-bond acceptors (Lipinski definition) is 4. The summed E-state index contributed by atoms with van der Waals surface area (Å²) < 4.78 is 19.3. The molecule has 0 aliphatic carbocycles. The quantitative estimate of drug-likeness (QED) is 0.787. The number of para-hydroxylation sites is 2. The second-order valence-corrected chi connectivity index (χ2v) is 6.83. The minimum absolute atomic E-state index is 0.199. The van der Waals surface area contributed by atoms with Crippen LogP contribution in [0.15, 0.2) is 48.5 Å². The van der Waals surface area contributed by atoms with Gasteiger partial charge in [-0.05, 0) is 24.3 Å². The van der Waals surface area contributed by atoms with Gasteiger partial charge in [-0.3, -0.25) is 14.6 Å². The van der Waals surface area contributed by atoms with Crippen molar-refractivity contribution in [3.63, 3.8) is 0 Å². The van der Waals surface area contributed by atoms with Gasteiger partial charge < -0.3 is 10.1 Å². The molecule has 0 bridgehead atoms. The maximum absolute atomic E-state index is 13.6. The first-order chi connectivity index (χ1) is 13.1. The summed E-state index contributed by atoms with van der Waals surface area (Å²) in [5, 5.41) is 3.24. The molecule has 7 heteroatoms. The van der Waals surface area contributed by atoms with Gasteiger partial charge in [-0.25, -0.2) is 4.39 Å². The van der Waals surface area contributed by atoms with Crippen LogP contribution < -0.4 is 10.1 Å². The SMILES string of the molecule is O=C(CN1CCN(CCOc2ccccc2Cl)CC1)Nc1ccccc1F. The Morgan fingerprint density at radius 1 is 1.04 bits per heavy atom. The molecule has 0 saturated carbocycles. The van der Waals surface area contributed by atoms with Crippen LogP contribution in [0.25, 0.3) is 0 Å². The number of amides is 1. The van der Waals surface area contributed by atoms with Crippen LogP contribution >= 0.6 is 11.6 Å². The lowest BCUT2D eigenvalue weighted by Crippen LogP contribution is -2.49. The van der Waals surface area contributed by atoms with Crippen LogP contribution in [0.4, 0.5) is 10.1 Å². The summed E-state index contributed by atoms with van der Waals surface area (Å²) in [6, 6.07) is 13.6. The van der Waals surface area contributed by atoms with Crippen molar-refractivity contribution >= 4 is 23.2 Å². The number of ether oxygens (including phenoxy) is 1. The van der Waals surface area contributed by atoms with Crippen LogP contribution in [-0.4, -0.2) is 61.6 Å². The minimum atomic E-state index is -0.422. The Kier molecular flexibility index (Phi) is 7.04. The highest BCUT2D eigenvalue weighted by molar-refractivity contribution is 6.32. The largest absolute Gasteiger partial charge is 0.491 e. The number of carbonyl (C=O) groups excluding carboxylic acids is 1. The zero-order valence-electron chi connectivity index (χ0n) is 15.0. The first kappa shape index (κ1) is 19.6. The molecule has 1 N–H and O–H groups in total. The Hall–Kier alpha value is -2.15. The standard InChI is InChI=1S/C20H23ClFN3O2/c21-16-5-1-4-8-19(16)27-14-13-24-9-11-25(12-10-24)15-20(26)23-18-7-3-2-6-17(18)22/h1-8H,9-15H2,(H,23,26). The summed E-state index contributed by atoms with van der Waals surface area (Å²) in [6.07, 6.45) is 0. The number of hydrogen-bond donors (Lipinski definition) is 1. The lowest BCUT2D eigenvalue weighted by molar-refractivity contribution is -0.117. The highest BCUT2D eigenvalue weighted by Gasteiger charge is 2.19. The molecule has 0 aromatic heterocycles. The van der Waals surface area contributed by atoms with Crippen LogP contribution in [0.2, 0.25) is 5.02 Å². The third kappa shape index (κ3) is 5.92. The van der Waals surface area contributed by atoms with E-state index in [0.717, 1.165) is 32.7 Å². The van der Waals surface area contributed by atoms with E-state index in [1.165, 1.54) is 6.07 Å². The van der Waals surface area contributed by atoms with Crippen molar-refractivity contribution in [1.29, 1.82) is 0 Å². The molecule has 1 fully saturated rings. The minimum Gasteiger partial charge on any atom is -0.491 e. The van der Waals surface area contributed by atoms with Gasteiger partial charge in [0.15, 0.2) is 0 Å². The summed E-state index contributed by atoms with van der Waals surface area (Å²) in [5.41, 5.74) is 0.220. The molecule has 1 saturated heterocycles. The maximum Gasteiger partial charge on any atom is 0.238 e. The van der Waals surface area contributed by atoms with E-state index in [9.17, 15) is 9.18 Å². The molecule has 0 unspecified atom stereocenters. The van der Waals surface area contributed by atoms with Crippen molar-refractivity contribution in [1.82, 2.24) is 9.80 Å². The van der Waals surface area contributed by atoms with Crippen molar-refractivity contribution < 1.29 is 13.9 Å². The zero-order chi connectivity index (χ0) is 19.1. The molecule has 0 atom stereocenters. The Labute approximate surface area is 163 Å². The molecule has 5 nitrogen and oxygen atoms in total. The number of piperazine rings is 1. The highest BCUT2D eigenvalue weighted by atomic mass is 35.5. The highest BCUT2D eigenvalue weighted by Crippen LogP contribution is 2.22. The van der Waals surface area contributed by atoms with Crippen LogP contribution in [0.3, 0.4) is 0 Å². The van der Waals surface area contributed by atoms with Crippen molar-refractivity contribution in [2.24, 2.45) is 0 Å². The smallest absolute Gasteiger partial charge is 0.238 e. The van der Waals surface area contributed by atoms with Crippen molar-refractivity contribution in [3.8, 4) is 5.75 Å². The first-order valence-electron chi connectivity index (χ1n) is 8.98. The predicted octanol–water partition coefficient (Wildman–Crippen LogP) is 3.11. The van der Waals surface area contributed by atoms with E-state index < -0.39 is 5.82 Å². The number of nitrogens with one attached hydrogen (secondary N) is 1. The van der Waals surface area contributed by atoms with Gasteiger partial charge in [0.2, 0.25) is 5.91 Å². The molecule has 2 aromatic rings. The fourth-order valence-electron chi connectivity index (χ4n) is 2.97. The molecule has 0 radical (unpaired) electrons. The van der Waals surface area contributed by atoms with Gasteiger partial charge in [-0.2, -0.15) is 0 Å². The summed E-state index contributed by atoms with van der Waals surface area (Å²) in [5.74, 6) is 0.0763. The molecule has 27 heavy (non-hydrogen) atoms. The van der Waals surface area contributed by atoms with Crippen molar-refractivity contribution in [2.75, 3.05) is 51.2 Å². The van der Waals surface area contributed by atoms with E-state index in [1.807, 2.05) is 24.3 Å². The molecular formula is C20H23ClFN3O2. The Morgan fingerprint density at radius 3 is 2.44 bits per heavy atom. The molecule has 144 valence electrons. The van der Waals surface area contributed by atoms with Gasteiger partial charge in [0.1, 0.15) is 18.2 Å². The second kappa shape index (κ2) is 9.69. The lowest BCUT2D eigenvalue weighted by Gasteiger charge is -2.34. The van der Waals surface area contributed by atoms with Crippen molar-refractivity contribution in [2.45, 2.75) is 0 Å². The number of nitrogens with zero attached hydrogens (tertiary/aromatic N) is 2. The van der Waals surface area contributed by atoms with Crippen LogP contribution in [0.5, 0.6) is 5.75 Å². The van der Waals surface area contributed by atoms with Gasteiger partial charge in [0.05, 0.1) is 17.3 Å². The monoisotopic (exact) mass is 391 g/mol. The summed E-state index contributed by atoms with van der Waals surface area (Å²) >= 11 is 6.07. The Balaban J connectivity index is 1.36. The van der Waals surface area contributed by atoms with Gasteiger partial charge >= 0.3 is 0 Å².